The van der Waals surface area contributed by atoms with Crippen molar-refractivity contribution in [2.24, 2.45) is 11.8 Å². The first-order valence-electron chi connectivity index (χ1n) is 14.1. The van der Waals surface area contributed by atoms with Gasteiger partial charge in [0.2, 0.25) is 0 Å². The van der Waals surface area contributed by atoms with E-state index in [1.165, 1.54) is 56.9 Å². The molecule has 0 saturated heterocycles. The summed E-state index contributed by atoms with van der Waals surface area (Å²) in [6.45, 7) is 3.91. The molecule has 34 heavy (non-hydrogen) atoms. The summed E-state index contributed by atoms with van der Waals surface area (Å²) in [6, 6.07) is 10.7. The number of allylic oxidation sites excluding steroid dienone is 2. The lowest BCUT2D eigenvalue weighted by atomic mass is 9.62. The minimum Gasteiger partial charge on any atom is -0.481 e. The fraction of sp³-hybridized carbons (Fsp3) is 0.710. The van der Waals surface area contributed by atoms with Gasteiger partial charge in [0.25, 0.3) is 0 Å². The van der Waals surface area contributed by atoms with E-state index in [0.717, 1.165) is 51.4 Å². The van der Waals surface area contributed by atoms with Gasteiger partial charge in [0.05, 0.1) is 12.0 Å². The zero-order chi connectivity index (χ0) is 24.7. The molecule has 3 heteroatoms. The average Bonchev–Trinajstić information content (AvgIpc) is 2.83. The Balaban J connectivity index is 1.96. The number of carbonyl (C=O) groups is 1. The molecule has 0 amide bonds. The molecule has 0 heterocycles. The van der Waals surface area contributed by atoms with Gasteiger partial charge in [0.15, 0.2) is 0 Å². The van der Waals surface area contributed by atoms with Crippen molar-refractivity contribution in [2.75, 3.05) is 0 Å². The van der Waals surface area contributed by atoms with Gasteiger partial charge in [-0.1, -0.05) is 101 Å². The smallest absolute Gasteiger partial charge is 0.309 e. The van der Waals surface area contributed by atoms with Gasteiger partial charge in [-0.3, -0.25) is 4.79 Å². The van der Waals surface area contributed by atoms with Crippen molar-refractivity contribution in [1.29, 1.82) is 0 Å². The van der Waals surface area contributed by atoms with Crippen LogP contribution in [-0.4, -0.2) is 22.3 Å². The maximum absolute atomic E-state index is 12.2. The first-order valence-corrected chi connectivity index (χ1v) is 14.1. The molecule has 2 N–H and O–H groups in total. The van der Waals surface area contributed by atoms with Crippen molar-refractivity contribution in [3.05, 3.63) is 48.0 Å². The molecule has 1 saturated carbocycles. The minimum atomic E-state index is -0.843. The highest BCUT2D eigenvalue weighted by molar-refractivity contribution is 5.71. The van der Waals surface area contributed by atoms with E-state index >= 15 is 0 Å². The van der Waals surface area contributed by atoms with Gasteiger partial charge in [-0.05, 0) is 75.2 Å². The quantitative estimate of drug-likeness (QED) is 0.177. The standard InChI is InChI=1S/C31H50O3/c1-3-4-5-6-7-8-9-10-11-12-15-20-27(29(26(2)32)30(33)34)25-31(23-18-14-19-24-31)28-21-16-13-17-22-28/h8-9,13,16-17,21-22,26-27,29,32H,3-7,10-12,14-15,18-20,23-25H2,1-2H3,(H,33,34)/b9-8-/t26-,27+,29+/m0/s1. The predicted octanol–water partition coefficient (Wildman–Crippen LogP) is 8.45. The van der Waals surface area contributed by atoms with Gasteiger partial charge in [-0.25, -0.2) is 0 Å². The molecule has 3 nitrogen and oxygen atoms in total. The highest BCUT2D eigenvalue weighted by atomic mass is 16.4. The molecule has 1 aliphatic carbocycles. The summed E-state index contributed by atoms with van der Waals surface area (Å²) in [4.78, 5) is 12.2. The van der Waals surface area contributed by atoms with Gasteiger partial charge in [-0.2, -0.15) is 0 Å². The Morgan fingerprint density at radius 2 is 1.56 bits per heavy atom. The number of carboxylic acids is 1. The zero-order valence-corrected chi connectivity index (χ0v) is 21.9. The molecule has 192 valence electrons. The van der Waals surface area contributed by atoms with Crippen LogP contribution in [0.4, 0.5) is 0 Å². The Morgan fingerprint density at radius 1 is 0.941 bits per heavy atom. The normalized spacial score (nSPS) is 18.6. The molecule has 3 atom stereocenters. The third kappa shape index (κ3) is 9.56. The van der Waals surface area contributed by atoms with Gasteiger partial charge in [0, 0.05) is 0 Å². The Hall–Kier alpha value is -1.61. The third-order valence-corrected chi connectivity index (χ3v) is 8.00. The van der Waals surface area contributed by atoms with Gasteiger partial charge >= 0.3 is 5.97 Å². The fourth-order valence-electron chi connectivity index (χ4n) is 6.11. The Labute approximate surface area is 209 Å². The number of hydrogen-bond acceptors (Lipinski definition) is 2. The van der Waals surface area contributed by atoms with Crippen molar-refractivity contribution in [3.63, 3.8) is 0 Å². The first kappa shape index (κ1) is 28.6. The van der Waals surface area contributed by atoms with Crippen molar-refractivity contribution in [3.8, 4) is 0 Å². The number of unbranched alkanes of at least 4 members (excludes halogenated alkanes) is 7. The number of aliphatic carboxylic acids is 1. The lowest BCUT2D eigenvalue weighted by Gasteiger charge is -2.42. The summed E-state index contributed by atoms with van der Waals surface area (Å²) in [6.07, 6.45) is 22.4. The topological polar surface area (TPSA) is 57.5 Å². The Bertz CT molecular complexity index is 688. The van der Waals surface area contributed by atoms with Crippen LogP contribution in [0.1, 0.15) is 122 Å². The van der Waals surface area contributed by atoms with E-state index in [4.69, 9.17) is 0 Å². The number of aliphatic hydroxyl groups is 1. The van der Waals surface area contributed by atoms with Crippen LogP contribution >= 0.6 is 0 Å². The van der Waals surface area contributed by atoms with Crippen LogP contribution in [0.15, 0.2) is 42.5 Å². The molecule has 1 aliphatic rings. The van der Waals surface area contributed by atoms with Crippen LogP contribution in [0.25, 0.3) is 0 Å². The summed E-state index contributed by atoms with van der Waals surface area (Å²) in [5.74, 6) is -1.53. The number of rotatable bonds is 17. The van der Waals surface area contributed by atoms with Crippen molar-refractivity contribution >= 4 is 5.97 Å². The van der Waals surface area contributed by atoms with Crippen LogP contribution in [-0.2, 0) is 10.2 Å². The van der Waals surface area contributed by atoms with E-state index in [-0.39, 0.29) is 11.3 Å². The van der Waals surface area contributed by atoms with Crippen LogP contribution in [0.3, 0.4) is 0 Å². The number of benzene rings is 1. The molecule has 0 unspecified atom stereocenters. The second-order valence-electron chi connectivity index (χ2n) is 10.7. The van der Waals surface area contributed by atoms with E-state index in [1.807, 2.05) is 0 Å². The molecule has 0 spiro atoms. The molecule has 0 aromatic heterocycles. The third-order valence-electron chi connectivity index (χ3n) is 8.00. The molecular weight excluding hydrogens is 420 g/mol. The molecule has 1 fully saturated rings. The van der Waals surface area contributed by atoms with E-state index < -0.39 is 18.0 Å². The summed E-state index contributed by atoms with van der Waals surface area (Å²) in [5, 5.41) is 20.4. The van der Waals surface area contributed by atoms with E-state index in [1.54, 1.807) is 6.92 Å². The van der Waals surface area contributed by atoms with Gasteiger partial charge in [0.1, 0.15) is 0 Å². The lowest BCUT2D eigenvalue weighted by Crippen LogP contribution is -2.39. The SMILES string of the molecule is CCCCCC/C=C\CCCCC[C@H](CC1(c2ccccc2)CCCCC1)[C@H](C(=O)O)[C@H](C)O. The number of aliphatic hydroxyl groups excluding tert-OH is 1. The fourth-order valence-corrected chi connectivity index (χ4v) is 6.11. The van der Waals surface area contributed by atoms with Crippen molar-refractivity contribution in [1.82, 2.24) is 0 Å². The predicted molar refractivity (Wildman–Crippen MR) is 143 cm³/mol. The van der Waals surface area contributed by atoms with Gasteiger partial charge in [-0.15, -0.1) is 0 Å². The van der Waals surface area contributed by atoms with Crippen molar-refractivity contribution < 1.29 is 15.0 Å². The molecule has 0 radical (unpaired) electrons. The van der Waals surface area contributed by atoms with E-state index in [2.05, 4.69) is 49.4 Å². The lowest BCUT2D eigenvalue weighted by molar-refractivity contribution is -0.148. The van der Waals surface area contributed by atoms with Gasteiger partial charge < -0.3 is 10.2 Å². The maximum atomic E-state index is 12.2. The second-order valence-corrected chi connectivity index (χ2v) is 10.7. The monoisotopic (exact) mass is 470 g/mol. The largest absolute Gasteiger partial charge is 0.481 e. The molecule has 2 rings (SSSR count). The first-order chi connectivity index (χ1) is 16.5. The Kier molecular flexibility index (Phi) is 13.6. The molecular formula is C31H50O3. The number of hydrogen-bond donors (Lipinski definition) is 2. The average molecular weight is 471 g/mol. The molecule has 0 aliphatic heterocycles. The molecule has 1 aromatic rings. The summed E-state index contributed by atoms with van der Waals surface area (Å²) >= 11 is 0. The van der Waals surface area contributed by atoms with Crippen LogP contribution in [0.5, 0.6) is 0 Å². The highest BCUT2D eigenvalue weighted by Gasteiger charge is 2.41. The molecule has 1 aromatic carbocycles. The van der Waals surface area contributed by atoms with Crippen LogP contribution in [0, 0.1) is 11.8 Å². The summed E-state index contributed by atoms with van der Waals surface area (Å²) in [5.41, 5.74) is 1.41. The molecule has 0 bridgehead atoms. The second kappa shape index (κ2) is 16.1. The Morgan fingerprint density at radius 3 is 2.12 bits per heavy atom. The minimum absolute atomic E-state index is 0.00455. The summed E-state index contributed by atoms with van der Waals surface area (Å²) in [7, 11) is 0. The zero-order valence-electron chi connectivity index (χ0n) is 21.9. The van der Waals surface area contributed by atoms with Crippen LogP contribution < -0.4 is 0 Å². The van der Waals surface area contributed by atoms with Crippen LogP contribution in [0.2, 0.25) is 0 Å². The highest BCUT2D eigenvalue weighted by Crippen LogP contribution is 2.46. The van der Waals surface area contributed by atoms with E-state index in [0.29, 0.717) is 0 Å². The maximum Gasteiger partial charge on any atom is 0.309 e. The number of carboxylic acid groups (broad SMARTS) is 1. The van der Waals surface area contributed by atoms with E-state index in [9.17, 15) is 15.0 Å². The summed E-state index contributed by atoms with van der Waals surface area (Å²) < 4.78 is 0. The van der Waals surface area contributed by atoms with Crippen molar-refractivity contribution in [2.45, 2.75) is 128 Å².